The van der Waals surface area contributed by atoms with Crippen LogP contribution in [0, 0.1) is 16.0 Å². The SMILES string of the molecule is O=[N+]([O-])c1cccc(C2=C3CCC(C3)C2)c1. The van der Waals surface area contributed by atoms with Crippen molar-refractivity contribution in [1.82, 2.24) is 0 Å². The van der Waals surface area contributed by atoms with Gasteiger partial charge < -0.3 is 0 Å². The summed E-state index contributed by atoms with van der Waals surface area (Å²) in [5.74, 6) is 0.810. The lowest BCUT2D eigenvalue weighted by atomic mass is 9.93. The van der Waals surface area contributed by atoms with Gasteiger partial charge in [-0.05, 0) is 42.7 Å². The third-order valence-electron chi connectivity index (χ3n) is 3.71. The van der Waals surface area contributed by atoms with Gasteiger partial charge in [0.25, 0.3) is 5.69 Å². The summed E-state index contributed by atoms with van der Waals surface area (Å²) in [4.78, 5) is 10.4. The zero-order valence-electron chi connectivity index (χ0n) is 8.98. The maximum atomic E-state index is 10.7. The van der Waals surface area contributed by atoms with Crippen LogP contribution in [0.5, 0.6) is 0 Å². The van der Waals surface area contributed by atoms with Crippen molar-refractivity contribution < 1.29 is 4.92 Å². The van der Waals surface area contributed by atoms with Crippen molar-refractivity contribution in [2.75, 3.05) is 0 Å². The first kappa shape index (κ1) is 9.58. The van der Waals surface area contributed by atoms with Crippen molar-refractivity contribution in [1.29, 1.82) is 0 Å². The number of nitro groups is 1. The van der Waals surface area contributed by atoms with Gasteiger partial charge in [-0.2, -0.15) is 0 Å². The number of nitro benzene ring substituents is 1. The molecule has 2 aliphatic rings. The van der Waals surface area contributed by atoms with Crippen molar-refractivity contribution in [2.24, 2.45) is 5.92 Å². The van der Waals surface area contributed by atoms with E-state index in [1.165, 1.54) is 30.4 Å². The van der Waals surface area contributed by atoms with Gasteiger partial charge in [0.2, 0.25) is 0 Å². The molecule has 1 aromatic carbocycles. The predicted molar refractivity (Wildman–Crippen MR) is 62.0 cm³/mol. The maximum Gasteiger partial charge on any atom is 0.270 e. The second-order valence-corrected chi connectivity index (χ2v) is 4.70. The minimum Gasteiger partial charge on any atom is -0.258 e. The van der Waals surface area contributed by atoms with Crippen LogP contribution in [0.15, 0.2) is 29.8 Å². The molecule has 1 unspecified atom stereocenters. The quantitative estimate of drug-likeness (QED) is 0.559. The molecule has 3 nitrogen and oxygen atoms in total. The highest BCUT2D eigenvalue weighted by atomic mass is 16.6. The Morgan fingerprint density at radius 2 is 2.19 bits per heavy atom. The van der Waals surface area contributed by atoms with Gasteiger partial charge in [-0.25, -0.2) is 0 Å². The first-order valence-electron chi connectivity index (χ1n) is 5.70. The normalized spacial score (nSPS) is 22.9. The van der Waals surface area contributed by atoms with Crippen LogP contribution < -0.4 is 0 Å². The van der Waals surface area contributed by atoms with Crippen LogP contribution in [0.25, 0.3) is 5.57 Å². The Morgan fingerprint density at radius 3 is 2.81 bits per heavy atom. The average molecular weight is 215 g/mol. The van der Waals surface area contributed by atoms with Crippen molar-refractivity contribution in [3.05, 3.63) is 45.5 Å². The summed E-state index contributed by atoms with van der Waals surface area (Å²) in [5, 5.41) is 10.7. The van der Waals surface area contributed by atoms with Crippen LogP contribution in [0.3, 0.4) is 0 Å². The zero-order chi connectivity index (χ0) is 11.1. The molecule has 0 radical (unpaired) electrons. The van der Waals surface area contributed by atoms with Crippen LogP contribution in [-0.4, -0.2) is 4.92 Å². The Bertz CT molecular complexity index is 490. The fourth-order valence-corrected chi connectivity index (χ4v) is 2.94. The van der Waals surface area contributed by atoms with Gasteiger partial charge in [0.15, 0.2) is 0 Å². The molecule has 0 saturated heterocycles. The molecule has 3 heteroatoms. The summed E-state index contributed by atoms with van der Waals surface area (Å²) in [6, 6.07) is 7.05. The first-order valence-corrected chi connectivity index (χ1v) is 5.70. The number of nitrogens with zero attached hydrogens (tertiary/aromatic N) is 1. The Kier molecular flexibility index (Phi) is 2.06. The van der Waals surface area contributed by atoms with E-state index in [2.05, 4.69) is 0 Å². The van der Waals surface area contributed by atoms with Gasteiger partial charge in [-0.15, -0.1) is 0 Å². The van der Waals surface area contributed by atoms with Crippen molar-refractivity contribution in [3.63, 3.8) is 0 Å². The number of hydrogen-bond donors (Lipinski definition) is 0. The highest BCUT2D eigenvalue weighted by Crippen LogP contribution is 2.48. The van der Waals surface area contributed by atoms with Gasteiger partial charge >= 0.3 is 0 Å². The monoisotopic (exact) mass is 215 g/mol. The summed E-state index contributed by atoms with van der Waals surface area (Å²) in [6.07, 6.45) is 4.85. The molecule has 0 aliphatic heterocycles. The lowest BCUT2D eigenvalue weighted by Crippen LogP contribution is -1.95. The molecule has 0 spiro atoms. The van der Waals surface area contributed by atoms with Crippen LogP contribution in [0.1, 0.15) is 31.2 Å². The highest BCUT2D eigenvalue weighted by Gasteiger charge is 2.30. The smallest absolute Gasteiger partial charge is 0.258 e. The number of fused-ring (bicyclic) bond motifs is 2. The van der Waals surface area contributed by atoms with Crippen molar-refractivity contribution >= 4 is 11.3 Å². The highest BCUT2D eigenvalue weighted by molar-refractivity contribution is 5.73. The molecule has 1 aromatic rings. The zero-order valence-corrected chi connectivity index (χ0v) is 8.98. The molecule has 3 rings (SSSR count). The topological polar surface area (TPSA) is 43.1 Å². The molecule has 0 amide bonds. The van der Waals surface area contributed by atoms with Crippen molar-refractivity contribution in [2.45, 2.75) is 25.7 Å². The van der Waals surface area contributed by atoms with E-state index < -0.39 is 0 Å². The van der Waals surface area contributed by atoms with E-state index in [0.29, 0.717) is 0 Å². The molecule has 0 aromatic heterocycles. The van der Waals surface area contributed by atoms with Crippen LogP contribution in [0.2, 0.25) is 0 Å². The van der Waals surface area contributed by atoms with E-state index in [-0.39, 0.29) is 10.6 Å². The van der Waals surface area contributed by atoms with E-state index in [1.807, 2.05) is 6.07 Å². The van der Waals surface area contributed by atoms with Gasteiger partial charge in [0.05, 0.1) is 4.92 Å². The number of allylic oxidation sites excluding steroid dienone is 2. The third-order valence-corrected chi connectivity index (χ3v) is 3.71. The molecule has 16 heavy (non-hydrogen) atoms. The van der Waals surface area contributed by atoms with Gasteiger partial charge in [-0.1, -0.05) is 17.7 Å². The Labute approximate surface area is 93.9 Å². The molecule has 1 fully saturated rings. The molecule has 2 bridgehead atoms. The number of hydrogen-bond acceptors (Lipinski definition) is 2. The lowest BCUT2D eigenvalue weighted by molar-refractivity contribution is -0.384. The van der Waals surface area contributed by atoms with E-state index in [0.717, 1.165) is 17.9 Å². The fraction of sp³-hybridized carbons (Fsp3) is 0.385. The lowest BCUT2D eigenvalue weighted by Gasteiger charge is -2.11. The van der Waals surface area contributed by atoms with Gasteiger partial charge in [0.1, 0.15) is 0 Å². The summed E-state index contributed by atoms with van der Waals surface area (Å²) < 4.78 is 0. The van der Waals surface area contributed by atoms with E-state index in [9.17, 15) is 10.1 Å². The molecule has 82 valence electrons. The molecule has 0 heterocycles. The second kappa shape index (κ2) is 3.44. The molecule has 0 N–H and O–H groups in total. The van der Waals surface area contributed by atoms with E-state index in [1.54, 1.807) is 18.2 Å². The van der Waals surface area contributed by atoms with Crippen molar-refractivity contribution in [3.8, 4) is 0 Å². The molecular weight excluding hydrogens is 202 g/mol. The molecule has 2 aliphatic carbocycles. The van der Waals surface area contributed by atoms with Gasteiger partial charge in [-0.3, -0.25) is 10.1 Å². The summed E-state index contributed by atoms with van der Waals surface area (Å²) in [7, 11) is 0. The predicted octanol–water partition coefficient (Wildman–Crippen LogP) is 3.55. The second-order valence-electron chi connectivity index (χ2n) is 4.70. The number of benzene rings is 1. The Hall–Kier alpha value is -1.64. The standard InChI is InChI=1S/C13H13NO2/c15-14(16)12-3-1-2-10(8-12)13-7-9-4-5-11(13)6-9/h1-3,8-9H,4-7H2. The van der Waals surface area contributed by atoms with E-state index >= 15 is 0 Å². The minimum absolute atomic E-state index is 0.202. The number of rotatable bonds is 2. The maximum absolute atomic E-state index is 10.7. The molecule has 1 atom stereocenters. The average Bonchev–Trinajstić information content (AvgIpc) is 2.91. The largest absolute Gasteiger partial charge is 0.270 e. The minimum atomic E-state index is -0.318. The summed E-state index contributed by atoms with van der Waals surface area (Å²) in [5.41, 5.74) is 4.17. The Balaban J connectivity index is 2.01. The third kappa shape index (κ3) is 1.43. The van der Waals surface area contributed by atoms with E-state index in [4.69, 9.17) is 0 Å². The first-order chi connectivity index (χ1) is 7.74. The van der Waals surface area contributed by atoms with Crippen LogP contribution >= 0.6 is 0 Å². The summed E-state index contributed by atoms with van der Waals surface area (Å²) >= 11 is 0. The van der Waals surface area contributed by atoms with Crippen LogP contribution in [-0.2, 0) is 0 Å². The fourth-order valence-electron chi connectivity index (χ4n) is 2.94. The molecule has 1 saturated carbocycles. The number of non-ortho nitro benzene ring substituents is 1. The van der Waals surface area contributed by atoms with Crippen LogP contribution in [0.4, 0.5) is 5.69 Å². The molecular formula is C13H13NO2. The van der Waals surface area contributed by atoms with Gasteiger partial charge in [0, 0.05) is 12.1 Å². The summed E-state index contributed by atoms with van der Waals surface area (Å²) in [6.45, 7) is 0. The Morgan fingerprint density at radius 1 is 1.31 bits per heavy atom.